The average Bonchev–Trinajstić information content (AvgIpc) is 2.86. The molecule has 194 valence electrons. The molecule has 0 saturated carbocycles. The minimum Gasteiger partial charge on any atom is -0.507 e. The minimum atomic E-state index is -4.19. The van der Waals surface area contributed by atoms with Gasteiger partial charge in [-0.05, 0) is 66.4 Å². The first kappa shape index (κ1) is 27.5. The lowest BCUT2D eigenvalue weighted by Crippen LogP contribution is -2.26. The monoisotopic (exact) mass is 534 g/mol. The van der Waals surface area contributed by atoms with E-state index in [1.807, 2.05) is 0 Å². The number of hydrogen-bond acceptors (Lipinski definition) is 7. The van der Waals surface area contributed by atoms with Gasteiger partial charge in [0.2, 0.25) is 10.0 Å². The zero-order chi connectivity index (χ0) is 27.2. The van der Waals surface area contributed by atoms with Gasteiger partial charge in [0.1, 0.15) is 16.4 Å². The number of halogens is 3. The number of phenolic OH excluding ortho intramolecular Hbond substituents is 1. The zero-order valence-corrected chi connectivity index (χ0v) is 20.2. The molecule has 0 unspecified atom stereocenters. The fourth-order valence-corrected chi connectivity index (χ4v) is 4.49. The van der Waals surface area contributed by atoms with E-state index in [-0.39, 0.29) is 42.0 Å². The van der Waals surface area contributed by atoms with Crippen LogP contribution in [0, 0.1) is 28.8 Å². The molecule has 0 bridgehead atoms. The van der Waals surface area contributed by atoms with E-state index in [1.165, 1.54) is 24.3 Å². The summed E-state index contributed by atoms with van der Waals surface area (Å²) in [5.74, 6) is -5.49. The van der Waals surface area contributed by atoms with Gasteiger partial charge in [-0.1, -0.05) is 12.1 Å². The van der Waals surface area contributed by atoms with Crippen molar-refractivity contribution in [3.05, 3.63) is 77.1 Å². The third kappa shape index (κ3) is 6.78. The van der Waals surface area contributed by atoms with Crippen LogP contribution in [0.4, 0.5) is 13.2 Å². The van der Waals surface area contributed by atoms with Crippen molar-refractivity contribution in [1.82, 2.24) is 4.72 Å². The summed E-state index contributed by atoms with van der Waals surface area (Å²) in [5, 5.41) is 18.9. The first-order valence-electron chi connectivity index (χ1n) is 10.8. The number of aromatic hydroxyl groups is 1. The predicted octanol–water partition coefficient (Wildman–Crippen LogP) is 3.81. The van der Waals surface area contributed by atoms with E-state index >= 15 is 0 Å². The van der Waals surface area contributed by atoms with Gasteiger partial charge in [-0.25, -0.2) is 31.1 Å². The molecule has 0 aliphatic heterocycles. The van der Waals surface area contributed by atoms with Crippen LogP contribution in [0.5, 0.6) is 11.5 Å². The molecule has 8 nitrogen and oxygen atoms in total. The highest BCUT2D eigenvalue weighted by Gasteiger charge is 2.20. The number of phenols is 1. The predicted molar refractivity (Wildman–Crippen MR) is 126 cm³/mol. The zero-order valence-electron chi connectivity index (χ0n) is 19.4. The molecule has 0 aliphatic carbocycles. The molecule has 0 saturated heterocycles. The molecule has 0 heterocycles. The molecular weight excluding hydrogens is 513 g/mol. The van der Waals surface area contributed by atoms with Crippen LogP contribution >= 0.6 is 0 Å². The van der Waals surface area contributed by atoms with Crippen molar-refractivity contribution < 1.29 is 41.0 Å². The van der Waals surface area contributed by atoms with Gasteiger partial charge in [0.15, 0.2) is 24.1 Å². The number of nitrogens with zero attached hydrogens (tertiary/aromatic N) is 1. The van der Waals surface area contributed by atoms with Crippen molar-refractivity contribution in [1.29, 1.82) is 5.26 Å². The lowest BCUT2D eigenvalue weighted by atomic mass is 10.0. The van der Waals surface area contributed by atoms with Gasteiger partial charge in [-0.15, -0.1) is 0 Å². The number of carbonyl (C=O) groups is 1. The summed E-state index contributed by atoms with van der Waals surface area (Å²) >= 11 is 0. The van der Waals surface area contributed by atoms with Crippen LogP contribution in [0.1, 0.15) is 18.1 Å². The molecule has 0 aromatic heterocycles. The standard InChI is InChI=1S/C25H21F3N2O6S/c1-2-35-24(32)14-36-22-12-17(18-10-19(26)25(28)20(27)11-18)5-4-16(22)7-8-30-37(33,34)23-9-15(13-29)3-6-21(23)31/h3-6,9-12,30-31H,2,7-8,14H2,1H3. The number of sulfonamides is 1. The van der Waals surface area contributed by atoms with Gasteiger partial charge in [0.05, 0.1) is 18.2 Å². The van der Waals surface area contributed by atoms with Gasteiger partial charge in [-0.3, -0.25) is 0 Å². The van der Waals surface area contributed by atoms with Crippen LogP contribution in [0.3, 0.4) is 0 Å². The van der Waals surface area contributed by atoms with Crippen LogP contribution in [0.25, 0.3) is 11.1 Å². The van der Waals surface area contributed by atoms with E-state index in [0.29, 0.717) is 5.56 Å². The number of benzene rings is 3. The summed E-state index contributed by atoms with van der Waals surface area (Å²) in [6.07, 6.45) is 0.0442. The molecule has 0 fully saturated rings. The molecule has 3 rings (SSSR count). The van der Waals surface area contributed by atoms with Crippen molar-refractivity contribution in [2.75, 3.05) is 19.8 Å². The van der Waals surface area contributed by atoms with Crippen LogP contribution < -0.4 is 9.46 Å². The molecule has 0 amide bonds. The van der Waals surface area contributed by atoms with Crippen molar-refractivity contribution in [3.63, 3.8) is 0 Å². The van der Waals surface area contributed by atoms with Gasteiger partial charge < -0.3 is 14.6 Å². The van der Waals surface area contributed by atoms with E-state index in [9.17, 15) is 31.5 Å². The van der Waals surface area contributed by atoms with Crippen LogP contribution in [-0.4, -0.2) is 39.3 Å². The van der Waals surface area contributed by atoms with Crippen molar-refractivity contribution in [3.8, 4) is 28.7 Å². The maximum Gasteiger partial charge on any atom is 0.344 e. The molecular formula is C25H21F3N2O6S. The van der Waals surface area contributed by atoms with Crippen molar-refractivity contribution in [2.24, 2.45) is 0 Å². The number of rotatable bonds is 10. The van der Waals surface area contributed by atoms with Crippen LogP contribution in [0.2, 0.25) is 0 Å². The highest BCUT2D eigenvalue weighted by Crippen LogP contribution is 2.30. The summed E-state index contributed by atoms with van der Waals surface area (Å²) in [6, 6.07) is 11.1. The average molecular weight is 535 g/mol. The smallest absolute Gasteiger partial charge is 0.344 e. The van der Waals surface area contributed by atoms with Crippen molar-refractivity contribution >= 4 is 16.0 Å². The molecule has 37 heavy (non-hydrogen) atoms. The molecule has 0 spiro atoms. The second-order valence-electron chi connectivity index (χ2n) is 7.61. The number of ether oxygens (including phenoxy) is 2. The number of carbonyl (C=O) groups excluding carboxylic acids is 1. The summed E-state index contributed by atoms with van der Waals surface area (Å²) < 4.78 is 78.8. The highest BCUT2D eigenvalue weighted by molar-refractivity contribution is 7.89. The number of esters is 1. The van der Waals surface area contributed by atoms with Gasteiger partial charge >= 0.3 is 5.97 Å². The van der Waals surface area contributed by atoms with Gasteiger partial charge in [-0.2, -0.15) is 5.26 Å². The molecule has 0 atom stereocenters. The van der Waals surface area contributed by atoms with Gasteiger partial charge in [0, 0.05) is 6.54 Å². The van der Waals surface area contributed by atoms with E-state index in [2.05, 4.69) is 4.72 Å². The maximum atomic E-state index is 13.7. The largest absolute Gasteiger partial charge is 0.507 e. The molecule has 3 aromatic rings. The molecule has 2 N–H and O–H groups in total. The van der Waals surface area contributed by atoms with Crippen molar-refractivity contribution in [2.45, 2.75) is 18.2 Å². The highest BCUT2D eigenvalue weighted by atomic mass is 32.2. The minimum absolute atomic E-state index is 0.0116. The number of nitrogens with one attached hydrogen (secondary N) is 1. The SMILES string of the molecule is CCOC(=O)COc1cc(-c2cc(F)c(F)c(F)c2)ccc1CCNS(=O)(=O)c1cc(C#N)ccc1O. The lowest BCUT2D eigenvalue weighted by molar-refractivity contribution is -0.145. The summed E-state index contributed by atoms with van der Waals surface area (Å²) in [4.78, 5) is 11.3. The summed E-state index contributed by atoms with van der Waals surface area (Å²) in [7, 11) is -4.19. The summed E-state index contributed by atoms with van der Waals surface area (Å²) in [5.41, 5.74) is 0.725. The first-order valence-corrected chi connectivity index (χ1v) is 12.3. The lowest BCUT2D eigenvalue weighted by Gasteiger charge is -2.14. The van der Waals surface area contributed by atoms with Gasteiger partial charge in [0.25, 0.3) is 0 Å². The maximum absolute atomic E-state index is 13.7. The molecule has 0 aliphatic rings. The van der Waals surface area contributed by atoms with E-state index in [0.717, 1.165) is 24.3 Å². The Hall–Kier alpha value is -4.08. The fourth-order valence-electron chi connectivity index (χ4n) is 3.33. The van der Waals surface area contributed by atoms with E-state index in [4.69, 9.17) is 14.7 Å². The van der Waals surface area contributed by atoms with E-state index in [1.54, 1.807) is 13.0 Å². The Morgan fingerprint density at radius 2 is 1.76 bits per heavy atom. The third-order valence-corrected chi connectivity index (χ3v) is 6.59. The van der Waals surface area contributed by atoms with Crippen LogP contribution in [-0.2, 0) is 26.0 Å². The third-order valence-electron chi connectivity index (χ3n) is 5.10. The Labute approximate surface area is 210 Å². The second kappa shape index (κ2) is 11.8. The molecule has 0 radical (unpaired) electrons. The Bertz CT molecular complexity index is 1450. The summed E-state index contributed by atoms with van der Waals surface area (Å²) in [6.45, 7) is 1.06. The number of nitriles is 1. The molecule has 3 aromatic carbocycles. The molecule has 12 heteroatoms. The quantitative estimate of drug-likeness (QED) is 0.299. The first-order chi connectivity index (χ1) is 17.6. The Morgan fingerprint density at radius 1 is 1.05 bits per heavy atom. The van der Waals surface area contributed by atoms with E-state index < -0.39 is 50.7 Å². The Kier molecular flexibility index (Phi) is 8.75. The Balaban J connectivity index is 1.85. The fraction of sp³-hybridized carbons (Fsp3) is 0.200. The Morgan fingerprint density at radius 3 is 2.41 bits per heavy atom. The topological polar surface area (TPSA) is 126 Å². The normalized spacial score (nSPS) is 11.1. The van der Waals surface area contributed by atoms with Crippen LogP contribution in [0.15, 0.2) is 53.4 Å². The number of hydrogen-bond donors (Lipinski definition) is 2. The second-order valence-corrected chi connectivity index (χ2v) is 9.35.